The Morgan fingerprint density at radius 1 is 0.927 bits per heavy atom. The summed E-state index contributed by atoms with van der Waals surface area (Å²) >= 11 is 0. The predicted octanol–water partition coefficient (Wildman–Crippen LogP) is 9.68. The minimum Gasteiger partial charge on any atom is -0.481 e. The second-order valence-corrected chi connectivity index (χ2v) is 21.4. The van der Waals surface area contributed by atoms with Crippen LogP contribution in [-0.4, -0.2) is 45.4 Å². The zero-order valence-corrected chi connectivity index (χ0v) is 35.1. The van der Waals surface area contributed by atoms with Gasteiger partial charge in [0.1, 0.15) is 6.10 Å². The molecule has 0 unspecified atom stereocenters. The van der Waals surface area contributed by atoms with E-state index in [0.29, 0.717) is 36.4 Å². The molecule has 6 aliphatic rings. The third kappa shape index (κ3) is 5.59. The smallest absolute Gasteiger partial charge is 0.309 e. The predicted molar refractivity (Wildman–Crippen MR) is 215 cm³/mol. The monoisotopic (exact) mass is 754 g/mol. The first-order valence-corrected chi connectivity index (χ1v) is 21.6. The standard InChI is InChI=1S/C47H67N3O5/c1-27(2)38-34(51)24-47(20-21-48-25-28-10-12-32-33(22-28)50-26-49-32)19-18-45(8)29(39(38)47)11-13-36-44(7)16-15-37(43(5,6)35(44)14-17-46(36,45)9)55-41(54)31-23-30(40(52)53)42(31,3)4/h10,12,22,26-27,29-31,35-37,48H,11,13-21,23-25H2,1-9H3,(H,49,50)(H,52,53)/t29-,30+,31-,35+,36-,37+,44+,45-,46-,47-/m1/s1. The van der Waals surface area contributed by atoms with Crippen LogP contribution < -0.4 is 5.32 Å². The maximum absolute atomic E-state index is 14.1. The molecule has 8 heteroatoms. The number of aromatic amines is 1. The van der Waals surface area contributed by atoms with Gasteiger partial charge in [-0.2, -0.15) is 0 Å². The third-order valence-corrected chi connectivity index (χ3v) is 18.2. The summed E-state index contributed by atoms with van der Waals surface area (Å²) in [4.78, 5) is 47.1. The minimum absolute atomic E-state index is 0.0467. The van der Waals surface area contributed by atoms with Crippen molar-refractivity contribution in [2.75, 3.05) is 6.54 Å². The Kier molecular flexibility index (Phi) is 9.19. The van der Waals surface area contributed by atoms with Gasteiger partial charge in [0.15, 0.2) is 5.78 Å². The van der Waals surface area contributed by atoms with Crippen molar-refractivity contribution >= 4 is 28.8 Å². The molecule has 1 aromatic heterocycles. The highest BCUT2D eigenvalue weighted by Crippen LogP contribution is 2.77. The van der Waals surface area contributed by atoms with Gasteiger partial charge in [0.05, 0.1) is 29.2 Å². The summed E-state index contributed by atoms with van der Waals surface area (Å²) in [7, 11) is 0. The summed E-state index contributed by atoms with van der Waals surface area (Å²) in [6, 6.07) is 6.42. The van der Waals surface area contributed by atoms with E-state index in [4.69, 9.17) is 4.74 Å². The number of carboxylic acid groups (broad SMARTS) is 1. The Balaban J connectivity index is 1.01. The number of aliphatic carboxylic acids is 1. The number of ketones is 1. The van der Waals surface area contributed by atoms with Crippen LogP contribution in [0.2, 0.25) is 0 Å². The minimum atomic E-state index is -0.816. The van der Waals surface area contributed by atoms with Crippen LogP contribution in [0.15, 0.2) is 35.7 Å². The molecule has 0 spiro atoms. The zero-order valence-electron chi connectivity index (χ0n) is 35.1. The largest absolute Gasteiger partial charge is 0.481 e. The Morgan fingerprint density at radius 2 is 1.69 bits per heavy atom. The molecule has 1 heterocycles. The second-order valence-electron chi connectivity index (χ2n) is 21.4. The van der Waals surface area contributed by atoms with E-state index in [1.807, 2.05) is 13.8 Å². The van der Waals surface area contributed by atoms with Crippen molar-refractivity contribution in [3.05, 3.63) is 41.2 Å². The molecule has 8 nitrogen and oxygen atoms in total. The highest BCUT2D eigenvalue weighted by atomic mass is 16.5. The Bertz CT molecular complexity index is 1920. The quantitative estimate of drug-likeness (QED) is 0.172. The van der Waals surface area contributed by atoms with E-state index in [-0.39, 0.29) is 51.0 Å². The lowest BCUT2D eigenvalue weighted by Crippen LogP contribution is -2.66. The number of carbonyl (C=O) groups is 3. The summed E-state index contributed by atoms with van der Waals surface area (Å²) in [5.74, 6) is 0.206. The topological polar surface area (TPSA) is 121 Å². The summed E-state index contributed by atoms with van der Waals surface area (Å²) in [5, 5.41) is 13.4. The molecule has 0 radical (unpaired) electrons. The van der Waals surface area contributed by atoms with Gasteiger partial charge in [-0.1, -0.05) is 74.0 Å². The van der Waals surface area contributed by atoms with Gasteiger partial charge in [-0.25, -0.2) is 4.98 Å². The Morgan fingerprint density at radius 3 is 2.40 bits per heavy atom. The molecule has 5 saturated carbocycles. The molecular weight excluding hydrogens is 687 g/mol. The first kappa shape index (κ1) is 38.9. The fourth-order valence-corrected chi connectivity index (χ4v) is 14.9. The van der Waals surface area contributed by atoms with Crippen molar-refractivity contribution < 1.29 is 24.2 Å². The van der Waals surface area contributed by atoms with Crippen LogP contribution in [0.3, 0.4) is 0 Å². The van der Waals surface area contributed by atoms with Crippen molar-refractivity contribution in [2.45, 2.75) is 146 Å². The number of rotatable bonds is 9. The van der Waals surface area contributed by atoms with E-state index in [1.165, 1.54) is 24.8 Å². The van der Waals surface area contributed by atoms with Gasteiger partial charge in [0, 0.05) is 23.8 Å². The molecule has 1 aromatic carbocycles. The number of hydrogen-bond donors (Lipinski definition) is 3. The number of benzene rings is 1. The number of aromatic nitrogens is 2. The SMILES string of the molecule is CC(C)C1=C2[C@H]3CC[C@@H]4[C@@]5(C)CC[C@H](OC(=O)[C@H]6C[C@@H](C(=O)O)C6(C)C)C(C)(C)[C@@H]5CC[C@@]4(C)[C@]3(C)CC[C@@]2(CCNCc2ccc3nc[nH]c3c2)CC1=O. The zero-order chi connectivity index (χ0) is 39.5. The molecule has 2 aromatic rings. The van der Waals surface area contributed by atoms with Gasteiger partial charge < -0.3 is 20.1 Å². The molecule has 10 atom stereocenters. The van der Waals surface area contributed by atoms with E-state index in [9.17, 15) is 19.5 Å². The number of nitrogens with zero attached hydrogens (tertiary/aromatic N) is 1. The van der Waals surface area contributed by atoms with Crippen molar-refractivity contribution in [3.8, 4) is 0 Å². The number of Topliss-reactive ketones (excluding diaryl/α,β-unsaturated/α-hetero) is 1. The van der Waals surface area contributed by atoms with Gasteiger partial charge in [-0.3, -0.25) is 14.4 Å². The highest BCUT2D eigenvalue weighted by Gasteiger charge is 2.70. The third-order valence-electron chi connectivity index (χ3n) is 18.2. The van der Waals surface area contributed by atoms with E-state index in [0.717, 1.165) is 68.2 Å². The van der Waals surface area contributed by atoms with Crippen LogP contribution in [-0.2, 0) is 25.7 Å². The lowest BCUT2D eigenvalue weighted by Gasteiger charge is -2.72. The van der Waals surface area contributed by atoms with Gasteiger partial charge in [0.25, 0.3) is 0 Å². The number of nitrogens with one attached hydrogen (secondary N) is 2. The number of fused-ring (bicyclic) bond motifs is 8. The van der Waals surface area contributed by atoms with Crippen molar-refractivity contribution in [1.82, 2.24) is 15.3 Å². The maximum Gasteiger partial charge on any atom is 0.309 e. The first-order valence-electron chi connectivity index (χ1n) is 21.6. The molecule has 6 aliphatic carbocycles. The molecule has 55 heavy (non-hydrogen) atoms. The van der Waals surface area contributed by atoms with Crippen molar-refractivity contribution in [1.29, 1.82) is 0 Å². The summed E-state index contributed by atoms with van der Waals surface area (Å²) in [6.45, 7) is 22.5. The molecule has 0 saturated heterocycles. The van der Waals surface area contributed by atoms with Gasteiger partial charge in [0.2, 0.25) is 0 Å². The number of allylic oxidation sites excluding steroid dienone is 2. The van der Waals surface area contributed by atoms with Crippen LogP contribution in [0, 0.1) is 68.0 Å². The van der Waals surface area contributed by atoms with Crippen LogP contribution >= 0.6 is 0 Å². The summed E-state index contributed by atoms with van der Waals surface area (Å²) < 4.78 is 6.44. The Hall–Kier alpha value is -3.00. The van der Waals surface area contributed by atoms with Crippen LogP contribution in [0.25, 0.3) is 11.0 Å². The molecule has 0 aliphatic heterocycles. The van der Waals surface area contributed by atoms with Gasteiger partial charge >= 0.3 is 11.9 Å². The van der Waals surface area contributed by atoms with Gasteiger partial charge in [-0.05, 0) is 139 Å². The fraction of sp³-hybridized carbons (Fsp3) is 0.745. The normalized spacial score (nSPS) is 40.2. The summed E-state index contributed by atoms with van der Waals surface area (Å²) in [5.41, 5.74) is 5.60. The highest BCUT2D eigenvalue weighted by molar-refractivity contribution is 6.00. The first-order chi connectivity index (χ1) is 25.8. The lowest BCUT2D eigenvalue weighted by molar-refractivity contribution is -0.236. The van der Waals surface area contributed by atoms with Gasteiger partial charge in [-0.15, -0.1) is 0 Å². The lowest BCUT2D eigenvalue weighted by atomic mass is 9.33. The summed E-state index contributed by atoms with van der Waals surface area (Å²) in [6.07, 6.45) is 12.4. The number of carbonyl (C=O) groups excluding carboxylic acids is 2. The molecular formula is C47H67N3O5. The molecule has 0 bridgehead atoms. The average molecular weight is 754 g/mol. The average Bonchev–Trinajstić information content (AvgIpc) is 3.69. The maximum atomic E-state index is 14.1. The molecule has 300 valence electrons. The van der Waals surface area contributed by atoms with Crippen LogP contribution in [0.1, 0.15) is 139 Å². The fourth-order valence-electron chi connectivity index (χ4n) is 14.9. The molecule has 0 amide bonds. The Labute approximate surface area is 328 Å². The number of imidazole rings is 1. The number of esters is 1. The second kappa shape index (κ2) is 13.0. The van der Waals surface area contributed by atoms with E-state index in [2.05, 4.69) is 82.0 Å². The number of hydrogen-bond acceptors (Lipinski definition) is 6. The van der Waals surface area contributed by atoms with Crippen molar-refractivity contribution in [3.63, 3.8) is 0 Å². The molecule has 8 rings (SSSR count). The van der Waals surface area contributed by atoms with E-state index >= 15 is 0 Å². The molecule has 3 N–H and O–H groups in total. The van der Waals surface area contributed by atoms with Crippen LogP contribution in [0.5, 0.6) is 0 Å². The van der Waals surface area contributed by atoms with Crippen LogP contribution in [0.4, 0.5) is 0 Å². The number of carboxylic acids is 1. The van der Waals surface area contributed by atoms with Crippen molar-refractivity contribution in [2.24, 2.45) is 68.0 Å². The number of ether oxygens (including phenoxy) is 1. The van der Waals surface area contributed by atoms with E-state index < -0.39 is 17.3 Å². The number of H-pyrrole nitrogens is 1. The van der Waals surface area contributed by atoms with E-state index in [1.54, 1.807) is 11.9 Å². The molecule has 5 fully saturated rings.